The van der Waals surface area contributed by atoms with E-state index in [4.69, 9.17) is 0 Å². The number of rotatable bonds is 6. The molecule has 0 spiro atoms. The van der Waals surface area contributed by atoms with Crippen LogP contribution in [0.2, 0.25) is 0 Å². The van der Waals surface area contributed by atoms with Crippen molar-refractivity contribution in [2.75, 3.05) is 18.4 Å². The lowest BCUT2D eigenvalue weighted by atomic mass is 9.90. The number of likely N-dealkylation sites (tertiary alicyclic amines) is 1. The van der Waals surface area contributed by atoms with Crippen molar-refractivity contribution >= 4 is 17.5 Å². The van der Waals surface area contributed by atoms with Crippen LogP contribution in [0.3, 0.4) is 0 Å². The molecule has 3 aromatic rings. The standard InChI is InChI=1S/C27H28N2O2/c30-26(20-22-9-5-2-6-10-22)28-25-13-11-24(12-14-25)27(31)29-17-15-23(16-18-29)19-21-7-3-1-4-8-21/h1-14,23H,15-20H2,(H,28,30). The van der Waals surface area contributed by atoms with E-state index in [1.165, 1.54) is 5.56 Å². The molecule has 31 heavy (non-hydrogen) atoms. The van der Waals surface area contributed by atoms with Crippen molar-refractivity contribution in [3.05, 3.63) is 102 Å². The molecule has 1 N–H and O–H groups in total. The summed E-state index contributed by atoms with van der Waals surface area (Å²) in [7, 11) is 0. The fourth-order valence-corrected chi connectivity index (χ4v) is 4.15. The Hall–Kier alpha value is -3.40. The number of piperidine rings is 1. The van der Waals surface area contributed by atoms with Crippen LogP contribution >= 0.6 is 0 Å². The molecule has 0 aromatic heterocycles. The van der Waals surface area contributed by atoms with Crippen LogP contribution in [0.4, 0.5) is 5.69 Å². The first kappa shape index (κ1) is 20.9. The topological polar surface area (TPSA) is 49.4 Å². The van der Waals surface area contributed by atoms with E-state index in [1.807, 2.05) is 41.3 Å². The molecule has 0 radical (unpaired) electrons. The van der Waals surface area contributed by atoms with Gasteiger partial charge in [0.1, 0.15) is 0 Å². The van der Waals surface area contributed by atoms with Gasteiger partial charge in [-0.05, 0) is 60.6 Å². The SMILES string of the molecule is O=C(Cc1ccccc1)Nc1ccc(C(=O)N2CCC(Cc3ccccc3)CC2)cc1. The average Bonchev–Trinajstić information content (AvgIpc) is 2.81. The number of benzene rings is 3. The first-order valence-electron chi connectivity index (χ1n) is 10.9. The quantitative estimate of drug-likeness (QED) is 0.622. The van der Waals surface area contributed by atoms with Gasteiger partial charge in [0.25, 0.3) is 5.91 Å². The number of carbonyl (C=O) groups excluding carboxylic acids is 2. The Kier molecular flexibility index (Phi) is 6.78. The lowest BCUT2D eigenvalue weighted by Gasteiger charge is -2.32. The van der Waals surface area contributed by atoms with Crippen LogP contribution in [0, 0.1) is 5.92 Å². The van der Waals surface area contributed by atoms with E-state index in [9.17, 15) is 9.59 Å². The molecule has 4 nitrogen and oxygen atoms in total. The first-order valence-corrected chi connectivity index (χ1v) is 10.9. The molecule has 4 rings (SSSR count). The van der Waals surface area contributed by atoms with E-state index in [0.717, 1.165) is 37.9 Å². The van der Waals surface area contributed by atoms with Gasteiger partial charge in [-0.3, -0.25) is 9.59 Å². The molecule has 1 heterocycles. The summed E-state index contributed by atoms with van der Waals surface area (Å²) in [5.41, 5.74) is 3.72. The third-order valence-electron chi connectivity index (χ3n) is 5.89. The van der Waals surface area contributed by atoms with Gasteiger partial charge in [0.05, 0.1) is 6.42 Å². The van der Waals surface area contributed by atoms with Gasteiger partial charge >= 0.3 is 0 Å². The fourth-order valence-electron chi connectivity index (χ4n) is 4.15. The van der Waals surface area contributed by atoms with E-state index >= 15 is 0 Å². The number of anilines is 1. The number of hydrogen-bond donors (Lipinski definition) is 1. The minimum Gasteiger partial charge on any atom is -0.339 e. The largest absolute Gasteiger partial charge is 0.339 e. The van der Waals surface area contributed by atoms with Gasteiger partial charge in [0.15, 0.2) is 0 Å². The molecule has 2 amide bonds. The summed E-state index contributed by atoms with van der Waals surface area (Å²) < 4.78 is 0. The maximum atomic E-state index is 12.9. The summed E-state index contributed by atoms with van der Waals surface area (Å²) in [6, 6.07) is 27.4. The van der Waals surface area contributed by atoms with Crippen molar-refractivity contribution in [2.45, 2.75) is 25.7 Å². The number of nitrogens with one attached hydrogen (secondary N) is 1. The maximum absolute atomic E-state index is 12.9. The van der Waals surface area contributed by atoms with Crippen molar-refractivity contribution in [1.82, 2.24) is 4.90 Å². The van der Waals surface area contributed by atoms with E-state index in [2.05, 4.69) is 29.6 Å². The third-order valence-corrected chi connectivity index (χ3v) is 5.89. The van der Waals surface area contributed by atoms with Gasteiger partial charge in [-0.15, -0.1) is 0 Å². The Labute approximate surface area is 183 Å². The minimum absolute atomic E-state index is 0.0641. The highest BCUT2D eigenvalue weighted by Crippen LogP contribution is 2.23. The summed E-state index contributed by atoms with van der Waals surface area (Å²) in [6.45, 7) is 1.60. The molecule has 1 fully saturated rings. The molecule has 1 aliphatic heterocycles. The monoisotopic (exact) mass is 412 g/mol. The zero-order valence-corrected chi connectivity index (χ0v) is 17.7. The first-order chi connectivity index (χ1) is 15.2. The number of amides is 2. The number of carbonyl (C=O) groups is 2. The molecule has 1 aliphatic rings. The van der Waals surface area contributed by atoms with Gasteiger partial charge in [0.2, 0.25) is 5.91 Å². The predicted molar refractivity (Wildman–Crippen MR) is 124 cm³/mol. The molecule has 1 saturated heterocycles. The van der Waals surface area contributed by atoms with E-state index in [-0.39, 0.29) is 11.8 Å². The van der Waals surface area contributed by atoms with Crippen LogP contribution in [0.15, 0.2) is 84.9 Å². The second-order valence-corrected chi connectivity index (χ2v) is 8.21. The number of hydrogen-bond acceptors (Lipinski definition) is 2. The Morgan fingerprint density at radius 2 is 1.35 bits per heavy atom. The Balaban J connectivity index is 1.27. The summed E-state index contributed by atoms with van der Waals surface area (Å²) in [6.07, 6.45) is 3.49. The van der Waals surface area contributed by atoms with Crippen molar-refractivity contribution < 1.29 is 9.59 Å². The van der Waals surface area contributed by atoms with Crippen molar-refractivity contribution in [3.63, 3.8) is 0 Å². The summed E-state index contributed by atoms with van der Waals surface area (Å²) >= 11 is 0. The van der Waals surface area contributed by atoms with Crippen LogP contribution < -0.4 is 5.32 Å². The lowest BCUT2D eigenvalue weighted by Crippen LogP contribution is -2.38. The highest BCUT2D eigenvalue weighted by molar-refractivity contribution is 5.96. The normalized spacial score (nSPS) is 14.3. The summed E-state index contributed by atoms with van der Waals surface area (Å²) in [4.78, 5) is 27.1. The molecule has 0 atom stereocenters. The van der Waals surface area contributed by atoms with Crippen molar-refractivity contribution in [2.24, 2.45) is 5.92 Å². The molecular formula is C27H28N2O2. The molecule has 3 aromatic carbocycles. The number of nitrogens with zero attached hydrogens (tertiary/aromatic N) is 1. The molecular weight excluding hydrogens is 384 g/mol. The van der Waals surface area contributed by atoms with E-state index in [1.54, 1.807) is 24.3 Å². The Morgan fingerprint density at radius 3 is 1.97 bits per heavy atom. The van der Waals surface area contributed by atoms with Crippen LogP contribution in [0.5, 0.6) is 0 Å². The molecule has 0 bridgehead atoms. The van der Waals surface area contributed by atoms with Crippen LogP contribution in [0.25, 0.3) is 0 Å². The average molecular weight is 413 g/mol. The maximum Gasteiger partial charge on any atom is 0.253 e. The lowest BCUT2D eigenvalue weighted by molar-refractivity contribution is -0.115. The minimum atomic E-state index is -0.0641. The van der Waals surface area contributed by atoms with Gasteiger partial charge in [-0.1, -0.05) is 60.7 Å². The molecule has 4 heteroatoms. The van der Waals surface area contributed by atoms with Gasteiger partial charge in [0, 0.05) is 24.3 Å². The highest BCUT2D eigenvalue weighted by atomic mass is 16.2. The van der Waals surface area contributed by atoms with Crippen molar-refractivity contribution in [3.8, 4) is 0 Å². The molecule has 0 aliphatic carbocycles. The Bertz CT molecular complexity index is 992. The fraction of sp³-hybridized carbons (Fsp3) is 0.259. The van der Waals surface area contributed by atoms with Gasteiger partial charge in [-0.25, -0.2) is 0 Å². The zero-order valence-electron chi connectivity index (χ0n) is 17.7. The van der Waals surface area contributed by atoms with Gasteiger partial charge < -0.3 is 10.2 Å². The summed E-state index contributed by atoms with van der Waals surface area (Å²) in [5, 5.41) is 2.90. The molecule has 0 saturated carbocycles. The van der Waals surface area contributed by atoms with Gasteiger partial charge in [-0.2, -0.15) is 0 Å². The highest BCUT2D eigenvalue weighted by Gasteiger charge is 2.23. The predicted octanol–water partition coefficient (Wildman–Crippen LogP) is 4.96. The zero-order chi connectivity index (χ0) is 21.5. The van der Waals surface area contributed by atoms with Crippen LogP contribution in [-0.2, 0) is 17.6 Å². The molecule has 0 unspecified atom stereocenters. The van der Waals surface area contributed by atoms with E-state index < -0.39 is 0 Å². The third kappa shape index (κ3) is 5.82. The van der Waals surface area contributed by atoms with Crippen LogP contribution in [-0.4, -0.2) is 29.8 Å². The van der Waals surface area contributed by atoms with Crippen molar-refractivity contribution in [1.29, 1.82) is 0 Å². The smallest absolute Gasteiger partial charge is 0.253 e. The van der Waals surface area contributed by atoms with Crippen LogP contribution in [0.1, 0.15) is 34.3 Å². The summed E-state index contributed by atoms with van der Waals surface area (Å²) in [5.74, 6) is 0.639. The second-order valence-electron chi connectivity index (χ2n) is 8.21. The Morgan fingerprint density at radius 1 is 0.774 bits per heavy atom. The van der Waals surface area contributed by atoms with E-state index in [0.29, 0.717) is 23.6 Å². The molecule has 158 valence electrons. The second kappa shape index (κ2) is 10.1.